The van der Waals surface area contributed by atoms with Crippen molar-refractivity contribution in [2.24, 2.45) is 0 Å². The molecule has 5 aromatic heterocycles. The van der Waals surface area contributed by atoms with Gasteiger partial charge in [-0.25, -0.2) is 9.97 Å². The highest BCUT2D eigenvalue weighted by molar-refractivity contribution is 7.25. The maximum absolute atomic E-state index is 6.77. The standard InChI is InChI=1S/C54H30N4OS/c1-2-16-32(17-3-1)57-41-30-29-31-15-4-5-18-33(31)47(41)48-35-20-7-6-19-34(35)46-36-21-8-11-25-40(36)58(51(46)52(48)57)54-55-49-37-22-9-12-26-42(37)59-53(49)50(56-54)39-24-14-28-44-45(39)38-23-10-13-27-43(38)60-44/h1-30H. The molecule has 0 amide bonds. The number of rotatable bonds is 3. The van der Waals surface area contributed by atoms with Crippen LogP contribution in [0, 0.1) is 0 Å². The largest absolute Gasteiger partial charge is 0.452 e. The number of hydrogen-bond acceptors (Lipinski definition) is 4. The third-order valence-corrected chi connectivity index (χ3v) is 13.6. The Morgan fingerprint density at radius 3 is 1.95 bits per heavy atom. The van der Waals surface area contributed by atoms with E-state index in [0.29, 0.717) is 11.5 Å². The lowest BCUT2D eigenvalue weighted by Gasteiger charge is -2.14. The fourth-order valence-corrected chi connectivity index (χ4v) is 11.2. The molecule has 0 aliphatic heterocycles. The molecule has 14 rings (SSSR count). The van der Waals surface area contributed by atoms with E-state index in [1.165, 1.54) is 57.9 Å². The van der Waals surface area contributed by atoms with E-state index < -0.39 is 0 Å². The van der Waals surface area contributed by atoms with Crippen LogP contribution >= 0.6 is 11.3 Å². The maximum Gasteiger partial charge on any atom is 0.236 e. The first kappa shape index (κ1) is 32.2. The molecule has 60 heavy (non-hydrogen) atoms. The number of furan rings is 1. The molecule has 0 atom stereocenters. The van der Waals surface area contributed by atoms with Gasteiger partial charge in [-0.2, -0.15) is 0 Å². The average molecular weight is 783 g/mol. The summed E-state index contributed by atoms with van der Waals surface area (Å²) in [4.78, 5) is 11.3. The molecule has 0 saturated carbocycles. The zero-order valence-corrected chi connectivity index (χ0v) is 32.7. The predicted octanol–water partition coefficient (Wildman–Crippen LogP) is 14.9. The van der Waals surface area contributed by atoms with Crippen molar-refractivity contribution in [1.82, 2.24) is 19.1 Å². The summed E-state index contributed by atoms with van der Waals surface area (Å²) in [5.41, 5.74) is 9.53. The van der Waals surface area contributed by atoms with Crippen LogP contribution in [0.2, 0.25) is 0 Å². The van der Waals surface area contributed by atoms with Gasteiger partial charge < -0.3 is 8.98 Å². The SMILES string of the molecule is c1ccc(-n2c3ccc4ccccc4c3c3c4ccccc4c4c5ccccc5n(-c5nc(-c6cccc7sc8ccccc8c67)c6oc7ccccc7c6n5)c4c32)cc1. The monoisotopic (exact) mass is 782 g/mol. The normalized spacial score (nSPS) is 12.3. The van der Waals surface area contributed by atoms with E-state index in [1.807, 2.05) is 23.5 Å². The molecule has 5 nitrogen and oxygen atoms in total. The molecule has 278 valence electrons. The highest BCUT2D eigenvalue weighted by Gasteiger charge is 2.28. The molecule has 6 heteroatoms. The molecule has 0 unspecified atom stereocenters. The quantitative estimate of drug-likeness (QED) is 0.179. The Kier molecular flexibility index (Phi) is 6.38. The van der Waals surface area contributed by atoms with Crippen molar-refractivity contribution in [3.8, 4) is 22.9 Å². The minimum atomic E-state index is 0.595. The number of nitrogens with zero attached hydrogens (tertiary/aromatic N) is 4. The van der Waals surface area contributed by atoms with Gasteiger partial charge in [0.05, 0.1) is 22.1 Å². The van der Waals surface area contributed by atoms with Crippen molar-refractivity contribution in [1.29, 1.82) is 0 Å². The summed E-state index contributed by atoms with van der Waals surface area (Å²) in [6.07, 6.45) is 0. The topological polar surface area (TPSA) is 48.8 Å². The molecule has 0 saturated heterocycles. The Hall–Kier alpha value is -7.80. The molecule has 0 fully saturated rings. The number of hydrogen-bond donors (Lipinski definition) is 0. The first-order valence-corrected chi connectivity index (χ1v) is 21.1. The first-order chi connectivity index (χ1) is 29.8. The summed E-state index contributed by atoms with van der Waals surface area (Å²) in [5.74, 6) is 0.595. The van der Waals surface area contributed by atoms with Gasteiger partial charge in [-0.1, -0.05) is 133 Å². The first-order valence-electron chi connectivity index (χ1n) is 20.3. The summed E-state index contributed by atoms with van der Waals surface area (Å²) in [5, 5.41) is 13.0. The lowest BCUT2D eigenvalue weighted by atomic mass is 9.96. The molecular weight excluding hydrogens is 753 g/mol. The number of aromatic nitrogens is 4. The van der Waals surface area contributed by atoms with Crippen LogP contribution in [0.3, 0.4) is 0 Å². The average Bonchev–Trinajstić information content (AvgIpc) is 4.07. The van der Waals surface area contributed by atoms with Crippen molar-refractivity contribution in [2.75, 3.05) is 0 Å². The molecule has 5 heterocycles. The van der Waals surface area contributed by atoms with Crippen molar-refractivity contribution < 1.29 is 4.42 Å². The van der Waals surface area contributed by atoms with Gasteiger partial charge in [0, 0.05) is 58.4 Å². The van der Waals surface area contributed by atoms with Crippen LogP contribution in [0.4, 0.5) is 0 Å². The molecule has 0 aliphatic carbocycles. The second-order valence-electron chi connectivity index (χ2n) is 15.6. The van der Waals surface area contributed by atoms with E-state index in [4.69, 9.17) is 14.4 Å². The van der Waals surface area contributed by atoms with E-state index in [1.54, 1.807) is 0 Å². The minimum absolute atomic E-state index is 0.595. The van der Waals surface area contributed by atoms with Gasteiger partial charge in [-0.3, -0.25) is 4.57 Å². The Balaban J connectivity index is 1.24. The van der Waals surface area contributed by atoms with E-state index in [-0.39, 0.29) is 0 Å². The zero-order chi connectivity index (χ0) is 39.1. The smallest absolute Gasteiger partial charge is 0.236 e. The number of thiophene rings is 1. The van der Waals surface area contributed by atoms with E-state index in [2.05, 4.69) is 179 Å². The second-order valence-corrected chi connectivity index (χ2v) is 16.7. The Morgan fingerprint density at radius 2 is 1.08 bits per heavy atom. The van der Waals surface area contributed by atoms with Crippen LogP contribution in [-0.2, 0) is 0 Å². The molecule has 0 aliphatic rings. The fraction of sp³-hybridized carbons (Fsp3) is 0. The van der Waals surface area contributed by atoms with Gasteiger partial charge in [0.1, 0.15) is 16.8 Å². The summed E-state index contributed by atoms with van der Waals surface area (Å²) in [6, 6.07) is 65.2. The van der Waals surface area contributed by atoms with Gasteiger partial charge in [0.2, 0.25) is 5.95 Å². The third-order valence-electron chi connectivity index (χ3n) is 12.5. The van der Waals surface area contributed by atoms with Gasteiger partial charge >= 0.3 is 0 Å². The van der Waals surface area contributed by atoms with Gasteiger partial charge in [-0.05, 0) is 70.1 Å². The predicted molar refractivity (Wildman–Crippen MR) is 251 cm³/mol. The maximum atomic E-state index is 6.77. The molecular formula is C54H30N4OS. The van der Waals surface area contributed by atoms with Crippen LogP contribution in [0.25, 0.3) is 130 Å². The van der Waals surface area contributed by atoms with Crippen molar-refractivity contribution in [3.05, 3.63) is 182 Å². The van der Waals surface area contributed by atoms with Gasteiger partial charge in [-0.15, -0.1) is 11.3 Å². The lowest BCUT2D eigenvalue weighted by molar-refractivity contribution is 0.666. The molecule has 0 N–H and O–H groups in total. The van der Waals surface area contributed by atoms with Gasteiger partial charge in [0.25, 0.3) is 0 Å². The van der Waals surface area contributed by atoms with Crippen molar-refractivity contribution in [3.63, 3.8) is 0 Å². The fourth-order valence-electron chi connectivity index (χ4n) is 10.1. The van der Waals surface area contributed by atoms with Crippen LogP contribution in [0.1, 0.15) is 0 Å². The van der Waals surface area contributed by atoms with E-state index >= 15 is 0 Å². The van der Waals surface area contributed by atoms with Gasteiger partial charge in [0.15, 0.2) is 5.58 Å². The third kappa shape index (κ3) is 4.19. The number of fused-ring (bicyclic) bond motifs is 18. The zero-order valence-electron chi connectivity index (χ0n) is 31.9. The molecule has 0 bridgehead atoms. The summed E-state index contributed by atoms with van der Waals surface area (Å²) < 4.78 is 14.0. The highest BCUT2D eigenvalue weighted by atomic mass is 32.1. The molecule has 14 aromatic rings. The Labute approximate surface area is 345 Å². The number of benzene rings is 9. The summed E-state index contributed by atoms with van der Waals surface area (Å²) in [7, 11) is 0. The van der Waals surface area contributed by atoms with E-state index in [0.717, 1.165) is 60.9 Å². The number of para-hydroxylation sites is 3. The Bertz CT molecular complexity index is 4130. The lowest BCUT2D eigenvalue weighted by Crippen LogP contribution is -2.04. The van der Waals surface area contributed by atoms with Crippen LogP contribution < -0.4 is 0 Å². The Morgan fingerprint density at radius 1 is 0.417 bits per heavy atom. The molecule has 0 spiro atoms. The second kappa shape index (κ2) is 11.9. The molecule has 0 radical (unpaired) electrons. The summed E-state index contributed by atoms with van der Waals surface area (Å²) >= 11 is 1.81. The summed E-state index contributed by atoms with van der Waals surface area (Å²) in [6.45, 7) is 0. The van der Waals surface area contributed by atoms with Crippen LogP contribution in [-0.4, -0.2) is 19.1 Å². The van der Waals surface area contributed by atoms with Crippen LogP contribution in [0.15, 0.2) is 186 Å². The van der Waals surface area contributed by atoms with Crippen LogP contribution in [0.5, 0.6) is 0 Å². The van der Waals surface area contributed by atoms with E-state index in [9.17, 15) is 0 Å². The van der Waals surface area contributed by atoms with Crippen molar-refractivity contribution >= 4 is 119 Å². The van der Waals surface area contributed by atoms with Crippen molar-refractivity contribution in [2.45, 2.75) is 0 Å². The molecule has 9 aromatic carbocycles. The highest BCUT2D eigenvalue weighted by Crippen LogP contribution is 2.49. The minimum Gasteiger partial charge on any atom is -0.452 e.